The van der Waals surface area contributed by atoms with Gasteiger partial charge in [-0.3, -0.25) is 0 Å². The van der Waals surface area contributed by atoms with E-state index >= 15 is 0 Å². The molecule has 4 rings (SSSR count). The fourth-order valence-electron chi connectivity index (χ4n) is 3.45. The van der Waals surface area contributed by atoms with Gasteiger partial charge in [-0.05, 0) is 46.3 Å². The Morgan fingerprint density at radius 2 is 1.81 bits per heavy atom. The number of hydrogen-bond acceptors (Lipinski definition) is 3. The second-order valence-electron chi connectivity index (χ2n) is 5.67. The summed E-state index contributed by atoms with van der Waals surface area (Å²) in [6, 6.07) is 11.7. The van der Waals surface area contributed by atoms with Gasteiger partial charge >= 0.3 is 0 Å². The molecule has 2 bridgehead atoms. The normalized spacial score (nSPS) is 24.0. The van der Waals surface area contributed by atoms with Crippen LogP contribution >= 0.6 is 15.9 Å². The molecule has 21 heavy (non-hydrogen) atoms. The third kappa shape index (κ3) is 2.38. The molecule has 0 amide bonds. The first kappa shape index (κ1) is 13.0. The second-order valence-corrected chi connectivity index (χ2v) is 6.58. The third-order valence-corrected chi connectivity index (χ3v) is 4.79. The molecule has 1 fully saturated rings. The molecule has 4 heteroatoms. The van der Waals surface area contributed by atoms with Gasteiger partial charge in [0.1, 0.15) is 0 Å². The van der Waals surface area contributed by atoms with Crippen molar-refractivity contribution in [2.75, 3.05) is 4.90 Å². The molecule has 3 nitrogen and oxygen atoms in total. The number of fused-ring (bicyclic) bond motifs is 2. The van der Waals surface area contributed by atoms with Crippen LogP contribution in [0.1, 0.15) is 24.8 Å². The summed E-state index contributed by atoms with van der Waals surface area (Å²) in [6.45, 7) is 0. The van der Waals surface area contributed by atoms with Gasteiger partial charge in [-0.1, -0.05) is 36.4 Å². The van der Waals surface area contributed by atoms with Crippen LogP contribution in [-0.2, 0) is 0 Å². The molecule has 106 valence electrons. The number of halogens is 1. The molecule has 1 aromatic carbocycles. The van der Waals surface area contributed by atoms with E-state index < -0.39 is 0 Å². The van der Waals surface area contributed by atoms with E-state index in [0.29, 0.717) is 12.1 Å². The summed E-state index contributed by atoms with van der Waals surface area (Å²) in [7, 11) is 0. The van der Waals surface area contributed by atoms with Crippen LogP contribution in [0.15, 0.2) is 53.3 Å². The van der Waals surface area contributed by atoms with Crippen LogP contribution in [0.4, 0.5) is 5.95 Å². The van der Waals surface area contributed by atoms with Crippen LogP contribution in [0.2, 0.25) is 0 Å². The zero-order chi connectivity index (χ0) is 14.2. The van der Waals surface area contributed by atoms with Crippen LogP contribution in [0, 0.1) is 0 Å². The fourth-order valence-corrected chi connectivity index (χ4v) is 3.65. The molecule has 0 spiro atoms. The smallest absolute Gasteiger partial charge is 0.226 e. The summed E-state index contributed by atoms with van der Waals surface area (Å²) in [5, 5.41) is 0. The maximum absolute atomic E-state index is 4.48. The Balaban J connectivity index is 1.66. The van der Waals surface area contributed by atoms with Gasteiger partial charge in [0.25, 0.3) is 0 Å². The summed E-state index contributed by atoms with van der Waals surface area (Å²) in [5.74, 6) is 0.856. The molecule has 0 N–H and O–H groups in total. The van der Waals surface area contributed by atoms with E-state index in [-0.39, 0.29) is 0 Å². The van der Waals surface area contributed by atoms with Crippen molar-refractivity contribution in [1.29, 1.82) is 0 Å². The summed E-state index contributed by atoms with van der Waals surface area (Å²) in [5.41, 5.74) is 2.82. The van der Waals surface area contributed by atoms with Crippen LogP contribution < -0.4 is 4.90 Å². The Morgan fingerprint density at radius 3 is 2.52 bits per heavy atom. The van der Waals surface area contributed by atoms with Gasteiger partial charge in [0.05, 0.1) is 10.5 Å². The van der Waals surface area contributed by atoms with Crippen molar-refractivity contribution in [3.05, 3.63) is 58.8 Å². The number of rotatable bonds is 2. The minimum Gasteiger partial charge on any atom is -0.331 e. The molecular formula is C17H16BrN3. The van der Waals surface area contributed by atoms with Gasteiger partial charge in [0, 0.05) is 18.4 Å². The van der Waals surface area contributed by atoms with Gasteiger partial charge in [-0.15, -0.1) is 0 Å². The number of anilines is 1. The number of hydrogen-bond donors (Lipinski definition) is 0. The van der Waals surface area contributed by atoms with E-state index in [1.54, 1.807) is 0 Å². The minimum atomic E-state index is 0.431. The summed E-state index contributed by atoms with van der Waals surface area (Å²) in [6.07, 6.45) is 9.57. The third-order valence-electron chi connectivity index (χ3n) is 4.38. The van der Waals surface area contributed by atoms with E-state index in [9.17, 15) is 0 Å². The number of nitrogens with zero attached hydrogens (tertiary/aromatic N) is 3. The van der Waals surface area contributed by atoms with Crippen molar-refractivity contribution in [1.82, 2.24) is 9.97 Å². The van der Waals surface area contributed by atoms with Gasteiger partial charge in [-0.2, -0.15) is 0 Å². The lowest BCUT2D eigenvalue weighted by Gasteiger charge is -2.34. The van der Waals surface area contributed by atoms with Crippen molar-refractivity contribution >= 4 is 27.5 Å². The first-order valence-electron chi connectivity index (χ1n) is 7.33. The topological polar surface area (TPSA) is 29.0 Å². The van der Waals surface area contributed by atoms with Crippen LogP contribution in [0.25, 0.3) is 5.57 Å². The van der Waals surface area contributed by atoms with E-state index in [4.69, 9.17) is 0 Å². The van der Waals surface area contributed by atoms with Crippen LogP contribution in [0.3, 0.4) is 0 Å². The highest BCUT2D eigenvalue weighted by Crippen LogP contribution is 2.40. The maximum Gasteiger partial charge on any atom is 0.226 e. The molecule has 0 aliphatic carbocycles. The zero-order valence-electron chi connectivity index (χ0n) is 11.6. The van der Waals surface area contributed by atoms with Gasteiger partial charge < -0.3 is 4.90 Å². The standard InChI is InChI=1S/C17H16BrN3/c18-14-10-19-17(20-11-14)21-15-6-7-16(21)9-13(8-15)12-4-2-1-3-5-12/h1-5,8,10-11,15-16H,6-7,9H2/t15-,16-/m1/s1. The molecular weight excluding hydrogens is 326 g/mol. The monoisotopic (exact) mass is 341 g/mol. The number of aromatic nitrogens is 2. The highest BCUT2D eigenvalue weighted by atomic mass is 79.9. The van der Waals surface area contributed by atoms with Crippen molar-refractivity contribution < 1.29 is 0 Å². The van der Waals surface area contributed by atoms with Crippen LogP contribution in [-0.4, -0.2) is 22.1 Å². The molecule has 1 saturated heterocycles. The average Bonchev–Trinajstić information content (AvgIpc) is 2.79. The van der Waals surface area contributed by atoms with Crippen LogP contribution in [0.5, 0.6) is 0 Å². The Morgan fingerprint density at radius 1 is 1.05 bits per heavy atom. The maximum atomic E-state index is 4.48. The second kappa shape index (κ2) is 5.26. The highest BCUT2D eigenvalue weighted by Gasteiger charge is 2.38. The molecule has 2 atom stereocenters. The quantitative estimate of drug-likeness (QED) is 0.824. The van der Waals surface area contributed by atoms with Gasteiger partial charge in [0.15, 0.2) is 0 Å². The Kier molecular flexibility index (Phi) is 3.26. The number of benzene rings is 1. The molecule has 2 aromatic rings. The fraction of sp³-hybridized carbons (Fsp3) is 0.294. The molecule has 0 unspecified atom stereocenters. The average molecular weight is 342 g/mol. The van der Waals surface area contributed by atoms with Crippen molar-refractivity contribution in [2.45, 2.75) is 31.3 Å². The Labute approximate surface area is 132 Å². The molecule has 0 radical (unpaired) electrons. The van der Waals surface area contributed by atoms with Gasteiger partial charge in [-0.25, -0.2) is 9.97 Å². The first-order chi connectivity index (χ1) is 10.3. The lowest BCUT2D eigenvalue weighted by molar-refractivity contribution is 0.640. The molecule has 3 heterocycles. The Hall–Kier alpha value is -1.68. The SMILES string of the molecule is Brc1cnc(N2[C@@H]3CC[C@@H]2C=C(c2ccccc2)C3)nc1. The van der Waals surface area contributed by atoms with E-state index in [1.807, 2.05) is 12.4 Å². The van der Waals surface area contributed by atoms with Gasteiger partial charge in [0.2, 0.25) is 5.95 Å². The minimum absolute atomic E-state index is 0.431. The predicted molar refractivity (Wildman–Crippen MR) is 88.1 cm³/mol. The lowest BCUT2D eigenvalue weighted by atomic mass is 9.95. The molecule has 2 aliphatic rings. The van der Waals surface area contributed by atoms with E-state index in [2.05, 4.69) is 67.2 Å². The Bertz CT molecular complexity index is 666. The summed E-state index contributed by atoms with van der Waals surface area (Å²) >= 11 is 3.40. The molecule has 0 saturated carbocycles. The largest absolute Gasteiger partial charge is 0.331 e. The predicted octanol–water partition coefficient (Wildman–Crippen LogP) is 4.06. The zero-order valence-corrected chi connectivity index (χ0v) is 13.2. The van der Waals surface area contributed by atoms with Crippen molar-refractivity contribution in [3.8, 4) is 0 Å². The molecule has 1 aromatic heterocycles. The summed E-state index contributed by atoms with van der Waals surface area (Å²) < 4.78 is 0.927. The van der Waals surface area contributed by atoms with Crippen molar-refractivity contribution in [2.24, 2.45) is 0 Å². The lowest BCUT2D eigenvalue weighted by Crippen LogP contribution is -2.39. The van der Waals surface area contributed by atoms with E-state index in [0.717, 1.165) is 16.8 Å². The summed E-state index contributed by atoms with van der Waals surface area (Å²) in [4.78, 5) is 11.3. The highest BCUT2D eigenvalue weighted by molar-refractivity contribution is 9.10. The molecule has 2 aliphatic heterocycles. The van der Waals surface area contributed by atoms with Crippen molar-refractivity contribution in [3.63, 3.8) is 0 Å². The first-order valence-corrected chi connectivity index (χ1v) is 8.12. The van der Waals surface area contributed by atoms with E-state index in [1.165, 1.54) is 24.0 Å².